The van der Waals surface area contributed by atoms with E-state index in [-0.39, 0.29) is 6.04 Å². The van der Waals surface area contributed by atoms with Crippen LogP contribution in [0.25, 0.3) is 0 Å². The van der Waals surface area contributed by atoms with E-state index in [4.69, 9.17) is 0 Å². The van der Waals surface area contributed by atoms with Crippen LogP contribution in [0.5, 0.6) is 0 Å². The highest BCUT2D eigenvalue weighted by molar-refractivity contribution is 7.88. The predicted molar refractivity (Wildman–Crippen MR) is 48.5 cm³/mol. The maximum absolute atomic E-state index is 10.9. The second kappa shape index (κ2) is 3.72. The van der Waals surface area contributed by atoms with E-state index in [0.717, 1.165) is 25.9 Å². The van der Waals surface area contributed by atoms with Crippen molar-refractivity contribution in [2.45, 2.75) is 18.9 Å². The summed E-state index contributed by atoms with van der Waals surface area (Å²) in [7, 11) is -1.01. The summed E-state index contributed by atoms with van der Waals surface area (Å²) in [5, 5.41) is 0. The molecule has 72 valence electrons. The topological polar surface area (TPSA) is 49.4 Å². The van der Waals surface area contributed by atoms with Crippen molar-refractivity contribution in [3.8, 4) is 0 Å². The number of likely N-dealkylation sites (N-methyl/N-ethyl adjacent to an activating group) is 1. The summed E-state index contributed by atoms with van der Waals surface area (Å²) in [6, 6.07) is 0.110. The molecule has 1 aliphatic rings. The number of rotatable bonds is 2. The molecule has 0 aromatic rings. The van der Waals surface area contributed by atoms with Gasteiger partial charge in [-0.3, -0.25) is 0 Å². The maximum atomic E-state index is 10.9. The quantitative estimate of drug-likeness (QED) is 0.649. The summed E-state index contributed by atoms with van der Waals surface area (Å²) in [6.07, 6.45) is 3.24. The van der Waals surface area contributed by atoms with E-state index in [1.165, 1.54) is 6.26 Å². The van der Waals surface area contributed by atoms with Crippen LogP contribution in [0.2, 0.25) is 0 Å². The highest BCUT2D eigenvalue weighted by Crippen LogP contribution is 2.08. The van der Waals surface area contributed by atoms with Gasteiger partial charge < -0.3 is 4.90 Å². The lowest BCUT2D eigenvalue weighted by Gasteiger charge is -2.29. The van der Waals surface area contributed by atoms with Gasteiger partial charge in [-0.25, -0.2) is 13.1 Å². The average molecular weight is 192 g/mol. The fraction of sp³-hybridized carbons (Fsp3) is 1.00. The molecule has 1 saturated heterocycles. The fourth-order valence-corrected chi connectivity index (χ4v) is 2.36. The highest BCUT2D eigenvalue weighted by Gasteiger charge is 2.19. The second-order valence-electron chi connectivity index (χ2n) is 3.49. The lowest BCUT2D eigenvalue weighted by atomic mass is 10.1. The zero-order valence-corrected chi connectivity index (χ0v) is 8.39. The molecule has 4 nitrogen and oxygen atoms in total. The number of sulfonamides is 1. The molecule has 1 heterocycles. The van der Waals surface area contributed by atoms with E-state index < -0.39 is 10.0 Å². The van der Waals surface area contributed by atoms with Gasteiger partial charge in [0.15, 0.2) is 0 Å². The summed E-state index contributed by atoms with van der Waals surface area (Å²) >= 11 is 0. The van der Waals surface area contributed by atoms with Crippen molar-refractivity contribution in [1.29, 1.82) is 0 Å². The SMILES string of the molecule is CN1CCCC(NS(C)(=O)=O)C1. The van der Waals surface area contributed by atoms with Crippen LogP contribution in [0.15, 0.2) is 0 Å². The average Bonchev–Trinajstić information content (AvgIpc) is 1.82. The van der Waals surface area contributed by atoms with Crippen molar-refractivity contribution in [2.24, 2.45) is 0 Å². The summed E-state index contributed by atoms with van der Waals surface area (Å²) in [4.78, 5) is 2.15. The van der Waals surface area contributed by atoms with Crippen molar-refractivity contribution in [3.63, 3.8) is 0 Å². The molecule has 0 amide bonds. The first-order valence-corrected chi connectivity index (χ1v) is 6.02. The largest absolute Gasteiger partial charge is 0.305 e. The second-order valence-corrected chi connectivity index (χ2v) is 5.27. The maximum Gasteiger partial charge on any atom is 0.208 e. The number of nitrogens with one attached hydrogen (secondary N) is 1. The van der Waals surface area contributed by atoms with Gasteiger partial charge in [0.25, 0.3) is 0 Å². The van der Waals surface area contributed by atoms with Crippen LogP contribution in [-0.4, -0.2) is 45.8 Å². The number of piperidine rings is 1. The minimum Gasteiger partial charge on any atom is -0.305 e. The Labute approximate surface area is 74.0 Å². The van der Waals surface area contributed by atoms with E-state index in [2.05, 4.69) is 9.62 Å². The first kappa shape index (κ1) is 9.95. The Kier molecular flexibility index (Phi) is 3.09. The Morgan fingerprint density at radius 3 is 2.67 bits per heavy atom. The molecular weight excluding hydrogens is 176 g/mol. The highest BCUT2D eigenvalue weighted by atomic mass is 32.2. The van der Waals surface area contributed by atoms with Crippen LogP contribution in [0.4, 0.5) is 0 Å². The molecule has 12 heavy (non-hydrogen) atoms. The van der Waals surface area contributed by atoms with E-state index in [1.807, 2.05) is 7.05 Å². The van der Waals surface area contributed by atoms with Crippen LogP contribution in [0.1, 0.15) is 12.8 Å². The Balaban J connectivity index is 2.43. The van der Waals surface area contributed by atoms with E-state index >= 15 is 0 Å². The smallest absolute Gasteiger partial charge is 0.208 e. The van der Waals surface area contributed by atoms with Gasteiger partial charge >= 0.3 is 0 Å². The van der Waals surface area contributed by atoms with Crippen molar-refractivity contribution in [2.75, 3.05) is 26.4 Å². The van der Waals surface area contributed by atoms with Crippen LogP contribution in [0, 0.1) is 0 Å². The van der Waals surface area contributed by atoms with E-state index in [9.17, 15) is 8.42 Å². The van der Waals surface area contributed by atoms with Gasteiger partial charge in [0.2, 0.25) is 10.0 Å². The van der Waals surface area contributed by atoms with E-state index in [1.54, 1.807) is 0 Å². The summed E-state index contributed by atoms with van der Waals surface area (Å²) in [5.74, 6) is 0. The molecule has 1 unspecified atom stereocenters. The molecule has 0 radical (unpaired) electrons. The van der Waals surface area contributed by atoms with Crippen LogP contribution in [-0.2, 0) is 10.0 Å². The fourth-order valence-electron chi connectivity index (χ4n) is 1.57. The molecule has 0 saturated carbocycles. The molecular formula is C7H16N2O2S. The standard InChI is InChI=1S/C7H16N2O2S/c1-9-5-3-4-7(6-9)8-12(2,10)11/h7-8H,3-6H2,1-2H3. The van der Waals surface area contributed by atoms with E-state index in [0.29, 0.717) is 0 Å². The summed E-state index contributed by atoms with van der Waals surface area (Å²) < 4.78 is 24.4. The van der Waals surface area contributed by atoms with Gasteiger partial charge in [-0.15, -0.1) is 0 Å². The number of nitrogens with zero attached hydrogens (tertiary/aromatic N) is 1. The molecule has 0 spiro atoms. The molecule has 5 heteroatoms. The lowest BCUT2D eigenvalue weighted by molar-refractivity contribution is 0.242. The summed E-state index contributed by atoms with van der Waals surface area (Å²) in [5.41, 5.74) is 0. The Bertz CT molecular complexity index is 238. The van der Waals surface area contributed by atoms with Gasteiger partial charge in [0, 0.05) is 12.6 Å². The molecule has 0 bridgehead atoms. The molecule has 0 aliphatic carbocycles. The van der Waals surface area contributed by atoms with Crippen LogP contribution in [0.3, 0.4) is 0 Å². The van der Waals surface area contributed by atoms with Crippen LogP contribution < -0.4 is 4.72 Å². The molecule has 0 aromatic heterocycles. The Hall–Kier alpha value is -0.130. The van der Waals surface area contributed by atoms with Gasteiger partial charge in [0.05, 0.1) is 6.26 Å². The predicted octanol–water partition coefficient (Wildman–Crippen LogP) is -0.370. The third-order valence-corrected chi connectivity index (χ3v) is 2.77. The van der Waals surface area contributed by atoms with Gasteiger partial charge in [-0.2, -0.15) is 0 Å². The molecule has 1 N–H and O–H groups in total. The van der Waals surface area contributed by atoms with Gasteiger partial charge in [0.1, 0.15) is 0 Å². The molecule has 0 aromatic carbocycles. The lowest BCUT2D eigenvalue weighted by Crippen LogP contribution is -2.45. The number of hydrogen-bond donors (Lipinski definition) is 1. The van der Waals surface area contributed by atoms with Crippen molar-refractivity contribution >= 4 is 10.0 Å². The molecule has 1 atom stereocenters. The molecule has 1 aliphatic heterocycles. The van der Waals surface area contributed by atoms with Crippen molar-refractivity contribution in [1.82, 2.24) is 9.62 Å². The number of hydrogen-bond acceptors (Lipinski definition) is 3. The van der Waals surface area contributed by atoms with Crippen molar-refractivity contribution in [3.05, 3.63) is 0 Å². The van der Waals surface area contributed by atoms with Gasteiger partial charge in [-0.1, -0.05) is 0 Å². The monoisotopic (exact) mass is 192 g/mol. The summed E-state index contributed by atoms with van der Waals surface area (Å²) in [6.45, 7) is 1.90. The molecule has 1 rings (SSSR count). The Morgan fingerprint density at radius 2 is 2.17 bits per heavy atom. The Morgan fingerprint density at radius 1 is 1.50 bits per heavy atom. The minimum absolute atomic E-state index is 0.110. The number of likely N-dealkylation sites (tertiary alicyclic amines) is 1. The van der Waals surface area contributed by atoms with Crippen molar-refractivity contribution < 1.29 is 8.42 Å². The molecule has 1 fully saturated rings. The van der Waals surface area contributed by atoms with Gasteiger partial charge in [-0.05, 0) is 26.4 Å². The first-order chi connectivity index (χ1) is 5.47. The normalized spacial score (nSPS) is 27.3. The first-order valence-electron chi connectivity index (χ1n) is 4.13. The minimum atomic E-state index is -3.02. The van der Waals surface area contributed by atoms with Crippen LogP contribution >= 0.6 is 0 Å². The zero-order valence-electron chi connectivity index (χ0n) is 7.58. The third-order valence-electron chi connectivity index (χ3n) is 2.01. The third kappa shape index (κ3) is 3.51. The zero-order chi connectivity index (χ0) is 9.19.